The largest absolute Gasteiger partial charge is 0.459 e. The summed E-state index contributed by atoms with van der Waals surface area (Å²) in [6.07, 6.45) is 10.1. The van der Waals surface area contributed by atoms with E-state index in [-0.39, 0.29) is 44.8 Å². The van der Waals surface area contributed by atoms with Gasteiger partial charge in [-0.15, -0.1) is 0 Å². The normalized spacial score (nSPS) is 39.2. The lowest BCUT2D eigenvalue weighted by Gasteiger charge is -2.46. The Balaban J connectivity index is 0.000000198. The fraction of sp³-hybridized carbons (Fsp3) is 0.935. The molecule has 0 N–H and O–H groups in total. The molecule has 6 unspecified atom stereocenters. The maximum atomic E-state index is 12.5. The first-order chi connectivity index (χ1) is 15.9. The highest BCUT2D eigenvalue weighted by molar-refractivity contribution is 5.77. The second-order valence-electron chi connectivity index (χ2n) is 14.9. The van der Waals surface area contributed by atoms with Crippen LogP contribution in [0.2, 0.25) is 0 Å². The van der Waals surface area contributed by atoms with Crippen molar-refractivity contribution in [3.8, 4) is 0 Å². The van der Waals surface area contributed by atoms with Crippen molar-refractivity contribution in [2.45, 2.75) is 145 Å². The van der Waals surface area contributed by atoms with E-state index in [0.717, 1.165) is 31.6 Å². The minimum atomic E-state index is -0.370. The molecule has 4 aliphatic carbocycles. The predicted octanol–water partition coefficient (Wildman–Crippen LogP) is 8.12. The number of hydrogen-bond donors (Lipinski definition) is 0. The van der Waals surface area contributed by atoms with Gasteiger partial charge in [-0.3, -0.25) is 9.59 Å². The molecule has 4 bridgehead atoms. The monoisotopic (exact) mass is 490 g/mol. The molecular formula is C31H54O4. The average molecular weight is 491 g/mol. The second-order valence-corrected chi connectivity index (χ2v) is 14.9. The van der Waals surface area contributed by atoms with E-state index < -0.39 is 0 Å². The van der Waals surface area contributed by atoms with Gasteiger partial charge in [0.05, 0.1) is 10.8 Å². The van der Waals surface area contributed by atoms with Gasteiger partial charge in [0, 0.05) is 5.41 Å². The Labute approximate surface area is 215 Å². The fourth-order valence-corrected chi connectivity index (χ4v) is 7.41. The van der Waals surface area contributed by atoms with Crippen molar-refractivity contribution in [3.63, 3.8) is 0 Å². The number of ether oxygens (including phenoxy) is 2. The quantitative estimate of drug-likeness (QED) is 0.353. The van der Waals surface area contributed by atoms with Crippen LogP contribution in [0.3, 0.4) is 0 Å². The van der Waals surface area contributed by atoms with E-state index >= 15 is 0 Å². The number of fused-ring (bicyclic) bond motifs is 4. The third-order valence-electron chi connectivity index (χ3n) is 11.9. The van der Waals surface area contributed by atoms with Gasteiger partial charge < -0.3 is 9.47 Å². The van der Waals surface area contributed by atoms with Crippen molar-refractivity contribution < 1.29 is 19.1 Å². The number of rotatable bonds is 6. The Kier molecular flexibility index (Phi) is 7.37. The van der Waals surface area contributed by atoms with Crippen molar-refractivity contribution in [3.05, 3.63) is 0 Å². The molecule has 4 nitrogen and oxygen atoms in total. The van der Waals surface area contributed by atoms with Crippen LogP contribution in [0.4, 0.5) is 0 Å². The third-order valence-corrected chi connectivity index (χ3v) is 11.9. The van der Waals surface area contributed by atoms with Crippen molar-refractivity contribution in [2.75, 3.05) is 0 Å². The van der Waals surface area contributed by atoms with Gasteiger partial charge in [-0.1, -0.05) is 34.6 Å². The van der Waals surface area contributed by atoms with Gasteiger partial charge >= 0.3 is 11.9 Å². The van der Waals surface area contributed by atoms with E-state index in [1.54, 1.807) is 0 Å². The summed E-state index contributed by atoms with van der Waals surface area (Å²) in [5.41, 5.74) is -0.756. The Morgan fingerprint density at radius 1 is 0.771 bits per heavy atom. The Bertz CT molecular complexity index is 826. The Morgan fingerprint density at radius 2 is 1.31 bits per heavy atom. The van der Waals surface area contributed by atoms with E-state index in [1.807, 2.05) is 34.6 Å². The highest BCUT2D eigenvalue weighted by Gasteiger charge is 2.69. The molecular weight excluding hydrogens is 436 g/mol. The molecule has 0 amide bonds. The van der Waals surface area contributed by atoms with Gasteiger partial charge in [-0.2, -0.15) is 0 Å². The van der Waals surface area contributed by atoms with E-state index in [1.165, 1.54) is 32.1 Å². The molecule has 4 heteroatoms. The third kappa shape index (κ3) is 4.70. The molecule has 35 heavy (non-hydrogen) atoms. The van der Waals surface area contributed by atoms with Gasteiger partial charge in [0.2, 0.25) is 0 Å². The van der Waals surface area contributed by atoms with Crippen molar-refractivity contribution >= 4 is 11.9 Å². The molecule has 4 fully saturated rings. The molecule has 0 radical (unpaired) electrons. The molecule has 6 atom stereocenters. The fourth-order valence-electron chi connectivity index (χ4n) is 7.41. The summed E-state index contributed by atoms with van der Waals surface area (Å²) in [5.74, 6) is 2.09. The smallest absolute Gasteiger partial charge is 0.312 e. The lowest BCUT2D eigenvalue weighted by Crippen LogP contribution is -2.49. The van der Waals surface area contributed by atoms with E-state index in [0.29, 0.717) is 11.8 Å². The van der Waals surface area contributed by atoms with Crippen LogP contribution in [0, 0.1) is 39.4 Å². The highest BCUT2D eigenvalue weighted by atomic mass is 16.6. The molecule has 202 valence electrons. The minimum Gasteiger partial charge on any atom is -0.459 e. The summed E-state index contributed by atoms with van der Waals surface area (Å²) in [6, 6.07) is 0. The number of esters is 2. The van der Waals surface area contributed by atoms with Crippen LogP contribution in [0.1, 0.15) is 134 Å². The van der Waals surface area contributed by atoms with Crippen LogP contribution >= 0.6 is 0 Å². The zero-order chi connectivity index (χ0) is 26.7. The molecule has 0 aliphatic heterocycles. The molecule has 4 rings (SSSR count). The molecule has 0 aromatic heterocycles. The zero-order valence-electron chi connectivity index (χ0n) is 24.7. The lowest BCUT2D eigenvalue weighted by atomic mass is 9.65. The summed E-state index contributed by atoms with van der Waals surface area (Å²) in [6.45, 7) is 23.4. The average Bonchev–Trinajstić information content (AvgIpc) is 3.44. The molecule has 4 saturated carbocycles. The summed E-state index contributed by atoms with van der Waals surface area (Å²) in [7, 11) is 0. The Hall–Kier alpha value is -1.06. The molecule has 4 aliphatic rings. The van der Waals surface area contributed by atoms with E-state index in [9.17, 15) is 9.59 Å². The van der Waals surface area contributed by atoms with Gasteiger partial charge in [-0.05, 0) is 122 Å². The topological polar surface area (TPSA) is 52.6 Å². The maximum Gasteiger partial charge on any atom is 0.312 e. The van der Waals surface area contributed by atoms with Crippen LogP contribution in [-0.4, -0.2) is 23.1 Å². The summed E-state index contributed by atoms with van der Waals surface area (Å²) in [4.78, 5) is 24.6. The van der Waals surface area contributed by atoms with Gasteiger partial charge in [-0.25, -0.2) is 0 Å². The van der Waals surface area contributed by atoms with Crippen molar-refractivity contribution in [2.24, 2.45) is 39.4 Å². The van der Waals surface area contributed by atoms with Crippen LogP contribution in [-0.2, 0) is 19.1 Å². The van der Waals surface area contributed by atoms with Crippen LogP contribution in [0.25, 0.3) is 0 Å². The predicted molar refractivity (Wildman–Crippen MR) is 142 cm³/mol. The van der Waals surface area contributed by atoms with Gasteiger partial charge in [0.15, 0.2) is 0 Å². The lowest BCUT2D eigenvalue weighted by molar-refractivity contribution is -0.185. The van der Waals surface area contributed by atoms with Gasteiger partial charge in [0.1, 0.15) is 11.2 Å². The molecule has 0 spiro atoms. The van der Waals surface area contributed by atoms with Crippen molar-refractivity contribution in [1.82, 2.24) is 0 Å². The first kappa shape index (κ1) is 28.5. The summed E-state index contributed by atoms with van der Waals surface area (Å²) >= 11 is 0. The highest BCUT2D eigenvalue weighted by Crippen LogP contribution is 2.70. The Morgan fingerprint density at radius 3 is 1.69 bits per heavy atom. The van der Waals surface area contributed by atoms with Crippen LogP contribution < -0.4 is 0 Å². The first-order valence-corrected chi connectivity index (χ1v) is 14.3. The number of carbonyl (C=O) groups is 2. The van der Waals surface area contributed by atoms with Gasteiger partial charge in [0.25, 0.3) is 0 Å². The maximum absolute atomic E-state index is 12.5. The zero-order valence-corrected chi connectivity index (χ0v) is 24.7. The standard InChI is InChI=1S/C17H30O2.C14H24O2/c1-8-14(2,3)13(18)19-17(7)11-12-9-10-16(17,6)15(12,4)5;1-5-13(2,3)12(15)16-14(4)9-10-6-7-11(14)8-10/h12H,8-11H2,1-7H3;10-11H,5-9H2,1-4H3. The minimum absolute atomic E-state index is 0.00921. The number of hydrogen-bond acceptors (Lipinski definition) is 4. The summed E-state index contributed by atoms with van der Waals surface area (Å²) < 4.78 is 11.9. The summed E-state index contributed by atoms with van der Waals surface area (Å²) in [5, 5.41) is 0. The SMILES string of the molecule is CCC(C)(C)C(=O)OC1(C)CC2CCC1(C)C2(C)C.CCC(C)(C)C(=O)OC1(C)CC2CCC1C2. The molecule has 0 aromatic carbocycles. The van der Waals surface area contributed by atoms with Crippen LogP contribution in [0.15, 0.2) is 0 Å². The first-order valence-electron chi connectivity index (χ1n) is 14.3. The molecule has 0 aromatic rings. The number of carbonyl (C=O) groups excluding carboxylic acids is 2. The molecule has 0 saturated heterocycles. The van der Waals surface area contributed by atoms with E-state index in [2.05, 4.69) is 41.5 Å². The van der Waals surface area contributed by atoms with Crippen molar-refractivity contribution in [1.29, 1.82) is 0 Å². The van der Waals surface area contributed by atoms with E-state index in [4.69, 9.17) is 9.47 Å². The van der Waals surface area contributed by atoms with Crippen LogP contribution in [0.5, 0.6) is 0 Å². The molecule has 0 heterocycles. The second kappa shape index (κ2) is 9.05.